The lowest BCUT2D eigenvalue weighted by Crippen LogP contribution is -2.42. The average Bonchev–Trinajstić information content (AvgIpc) is 2.32. The summed E-state index contributed by atoms with van der Waals surface area (Å²) >= 11 is 0. The van der Waals surface area contributed by atoms with Crippen LogP contribution >= 0.6 is 0 Å². The molecule has 100 valence electrons. The molecule has 1 saturated carbocycles. The highest BCUT2D eigenvalue weighted by molar-refractivity contribution is 5.38. The Balaban J connectivity index is 2.02. The smallest absolute Gasteiger partial charge is 0.126 e. The molecule has 0 spiro atoms. The van der Waals surface area contributed by atoms with Crippen LogP contribution in [0, 0.1) is 0 Å². The number of pyridine rings is 1. The third-order valence-corrected chi connectivity index (χ3v) is 3.78. The first-order valence-electron chi connectivity index (χ1n) is 6.95. The topological polar surface area (TPSA) is 50.9 Å². The third kappa shape index (κ3) is 3.22. The normalized spacial score (nSPS) is 24.9. The molecule has 1 aliphatic rings. The molecule has 3 nitrogen and oxygen atoms in total. The Morgan fingerprint density at radius 2 is 1.94 bits per heavy atom. The van der Waals surface area contributed by atoms with Gasteiger partial charge in [-0.05, 0) is 29.9 Å². The summed E-state index contributed by atoms with van der Waals surface area (Å²) in [6.45, 7) is 6.61. The molecule has 0 aromatic carbocycles. The third-order valence-electron chi connectivity index (χ3n) is 3.78. The largest absolute Gasteiger partial charge is 0.366 e. The van der Waals surface area contributed by atoms with Gasteiger partial charge in [-0.1, -0.05) is 39.7 Å². The maximum absolute atomic E-state index is 6.14. The van der Waals surface area contributed by atoms with Crippen LogP contribution in [-0.2, 0) is 5.41 Å². The van der Waals surface area contributed by atoms with Crippen LogP contribution in [0.2, 0.25) is 0 Å². The van der Waals surface area contributed by atoms with Crippen molar-refractivity contribution in [3.05, 3.63) is 23.9 Å². The molecular weight excluding hydrogens is 222 g/mol. The Morgan fingerprint density at radius 1 is 1.22 bits per heavy atom. The molecule has 0 bridgehead atoms. The number of nitrogens with zero attached hydrogens (tertiary/aromatic N) is 1. The highest BCUT2D eigenvalue weighted by atomic mass is 15.0. The molecule has 0 aliphatic heterocycles. The zero-order valence-electron chi connectivity index (χ0n) is 11.7. The van der Waals surface area contributed by atoms with E-state index in [-0.39, 0.29) is 11.5 Å². The summed E-state index contributed by atoms with van der Waals surface area (Å²) in [5.74, 6) is 0.949. The zero-order valence-corrected chi connectivity index (χ0v) is 11.7. The Labute approximate surface area is 110 Å². The van der Waals surface area contributed by atoms with Crippen molar-refractivity contribution in [2.75, 3.05) is 5.32 Å². The maximum atomic E-state index is 6.14. The van der Waals surface area contributed by atoms with E-state index < -0.39 is 0 Å². The first-order valence-corrected chi connectivity index (χ1v) is 6.95. The van der Waals surface area contributed by atoms with Crippen molar-refractivity contribution >= 4 is 5.82 Å². The number of hydrogen-bond acceptors (Lipinski definition) is 3. The van der Waals surface area contributed by atoms with Crippen molar-refractivity contribution in [1.29, 1.82) is 0 Å². The van der Waals surface area contributed by atoms with E-state index in [1.165, 1.54) is 18.4 Å². The highest BCUT2D eigenvalue weighted by Gasteiger charge is 2.22. The molecule has 1 aromatic rings. The quantitative estimate of drug-likeness (QED) is 0.844. The minimum atomic E-state index is 0.159. The van der Waals surface area contributed by atoms with E-state index >= 15 is 0 Å². The Hall–Kier alpha value is -1.09. The van der Waals surface area contributed by atoms with Gasteiger partial charge in [-0.15, -0.1) is 0 Å². The molecule has 2 rings (SSSR count). The van der Waals surface area contributed by atoms with Gasteiger partial charge in [0.25, 0.3) is 0 Å². The summed E-state index contributed by atoms with van der Waals surface area (Å²) in [6.07, 6.45) is 6.78. The van der Waals surface area contributed by atoms with Crippen LogP contribution in [0.4, 0.5) is 5.82 Å². The fourth-order valence-corrected chi connectivity index (χ4v) is 2.45. The van der Waals surface area contributed by atoms with E-state index in [0.29, 0.717) is 6.04 Å². The first-order chi connectivity index (χ1) is 8.47. The summed E-state index contributed by atoms with van der Waals surface area (Å²) in [5, 5.41) is 3.47. The molecule has 1 fully saturated rings. The van der Waals surface area contributed by atoms with Crippen LogP contribution < -0.4 is 11.1 Å². The summed E-state index contributed by atoms with van der Waals surface area (Å²) in [4.78, 5) is 4.51. The van der Waals surface area contributed by atoms with Crippen LogP contribution in [0.1, 0.15) is 52.0 Å². The fourth-order valence-electron chi connectivity index (χ4n) is 2.45. The molecule has 0 radical (unpaired) electrons. The van der Waals surface area contributed by atoms with Gasteiger partial charge in [-0.3, -0.25) is 0 Å². The second-order valence-corrected chi connectivity index (χ2v) is 6.38. The first kappa shape index (κ1) is 13.3. The number of aromatic nitrogens is 1. The zero-order chi connectivity index (χ0) is 13.2. The van der Waals surface area contributed by atoms with Gasteiger partial charge in [0, 0.05) is 18.3 Å². The number of nitrogens with one attached hydrogen (secondary N) is 1. The standard InChI is InChI=1S/C15H25N3/c1-15(2,3)11-8-9-14(17-10-11)18-13-7-5-4-6-12(13)16/h8-10,12-13H,4-7,16H2,1-3H3,(H,17,18). The number of rotatable bonds is 2. The van der Waals surface area contributed by atoms with Gasteiger partial charge >= 0.3 is 0 Å². The van der Waals surface area contributed by atoms with Crippen molar-refractivity contribution in [3.8, 4) is 0 Å². The SMILES string of the molecule is CC(C)(C)c1ccc(NC2CCCCC2N)nc1. The molecule has 18 heavy (non-hydrogen) atoms. The molecular formula is C15H25N3. The second-order valence-electron chi connectivity index (χ2n) is 6.38. The lowest BCUT2D eigenvalue weighted by atomic mass is 9.88. The minimum Gasteiger partial charge on any atom is -0.366 e. The Morgan fingerprint density at radius 3 is 2.50 bits per heavy atom. The van der Waals surface area contributed by atoms with E-state index in [1.54, 1.807) is 0 Å². The Bertz CT molecular complexity index is 378. The number of hydrogen-bond donors (Lipinski definition) is 2. The van der Waals surface area contributed by atoms with E-state index in [0.717, 1.165) is 18.7 Å². The molecule has 2 atom stereocenters. The van der Waals surface area contributed by atoms with Crippen molar-refractivity contribution in [2.24, 2.45) is 5.73 Å². The minimum absolute atomic E-state index is 0.159. The van der Waals surface area contributed by atoms with Crippen LogP contribution in [-0.4, -0.2) is 17.1 Å². The lowest BCUT2D eigenvalue weighted by Gasteiger charge is -2.30. The molecule has 0 saturated heterocycles. The monoisotopic (exact) mass is 247 g/mol. The fraction of sp³-hybridized carbons (Fsp3) is 0.667. The van der Waals surface area contributed by atoms with Gasteiger partial charge in [-0.2, -0.15) is 0 Å². The van der Waals surface area contributed by atoms with Crippen LogP contribution in [0.3, 0.4) is 0 Å². The van der Waals surface area contributed by atoms with Gasteiger partial charge in [0.2, 0.25) is 0 Å². The molecule has 1 aliphatic carbocycles. The maximum Gasteiger partial charge on any atom is 0.126 e. The van der Waals surface area contributed by atoms with E-state index in [9.17, 15) is 0 Å². The van der Waals surface area contributed by atoms with Crippen molar-refractivity contribution in [3.63, 3.8) is 0 Å². The summed E-state index contributed by atoms with van der Waals surface area (Å²) in [5.41, 5.74) is 7.56. The lowest BCUT2D eigenvalue weighted by molar-refractivity contribution is 0.403. The van der Waals surface area contributed by atoms with Gasteiger partial charge in [0.15, 0.2) is 0 Å². The molecule has 3 N–H and O–H groups in total. The summed E-state index contributed by atoms with van der Waals surface area (Å²) in [7, 11) is 0. The highest BCUT2D eigenvalue weighted by Crippen LogP contribution is 2.24. The van der Waals surface area contributed by atoms with Crippen molar-refractivity contribution in [2.45, 2.75) is 64.0 Å². The summed E-state index contributed by atoms with van der Waals surface area (Å²) < 4.78 is 0. The van der Waals surface area contributed by atoms with E-state index in [1.807, 2.05) is 6.20 Å². The summed E-state index contributed by atoms with van der Waals surface area (Å²) in [6, 6.07) is 4.88. The van der Waals surface area contributed by atoms with Crippen molar-refractivity contribution in [1.82, 2.24) is 4.98 Å². The molecule has 2 unspecified atom stereocenters. The predicted octanol–water partition coefficient (Wildman–Crippen LogP) is 3.06. The molecule has 1 heterocycles. The van der Waals surface area contributed by atoms with Crippen LogP contribution in [0.25, 0.3) is 0 Å². The number of nitrogens with two attached hydrogens (primary N) is 1. The van der Waals surface area contributed by atoms with Crippen molar-refractivity contribution < 1.29 is 0 Å². The van der Waals surface area contributed by atoms with Gasteiger partial charge < -0.3 is 11.1 Å². The molecule has 3 heteroatoms. The van der Waals surface area contributed by atoms with Crippen LogP contribution in [0.15, 0.2) is 18.3 Å². The van der Waals surface area contributed by atoms with E-state index in [4.69, 9.17) is 5.73 Å². The molecule has 1 aromatic heterocycles. The average molecular weight is 247 g/mol. The number of anilines is 1. The van der Waals surface area contributed by atoms with Crippen LogP contribution in [0.5, 0.6) is 0 Å². The predicted molar refractivity (Wildman–Crippen MR) is 76.8 cm³/mol. The second kappa shape index (κ2) is 5.27. The molecule has 0 amide bonds. The van der Waals surface area contributed by atoms with Gasteiger partial charge in [0.1, 0.15) is 5.82 Å². The van der Waals surface area contributed by atoms with E-state index in [2.05, 4.69) is 43.2 Å². The van der Waals surface area contributed by atoms with Gasteiger partial charge in [0.05, 0.1) is 0 Å². The Kier molecular flexibility index (Phi) is 3.91. The van der Waals surface area contributed by atoms with Gasteiger partial charge in [-0.25, -0.2) is 4.98 Å².